The quantitative estimate of drug-likeness (QED) is 0.873. The lowest BCUT2D eigenvalue weighted by atomic mass is 10.0. The molecule has 5 heteroatoms. The molecule has 0 amide bonds. The van der Waals surface area contributed by atoms with Gasteiger partial charge < -0.3 is 9.88 Å². The summed E-state index contributed by atoms with van der Waals surface area (Å²) in [5.41, 5.74) is 1.10. The summed E-state index contributed by atoms with van der Waals surface area (Å²) in [5, 5.41) is 4.92. The largest absolute Gasteiger partial charge is 0.338 e. The molecule has 1 heterocycles. The number of imidazole rings is 1. The minimum atomic E-state index is 0.236. The molecule has 1 atom stereocenters. The van der Waals surface area contributed by atoms with Crippen LogP contribution >= 0.6 is 23.2 Å². The molecular weight excluding hydrogens is 293 g/mol. The minimum Gasteiger partial charge on any atom is -0.338 e. The van der Waals surface area contributed by atoms with Crippen molar-refractivity contribution in [2.75, 3.05) is 6.54 Å². The molecule has 1 N–H and O–H groups in total. The zero-order chi connectivity index (χ0) is 14.5. The molecule has 2 rings (SSSR count). The fraction of sp³-hybridized carbons (Fsp3) is 0.400. The van der Waals surface area contributed by atoms with E-state index >= 15 is 0 Å². The van der Waals surface area contributed by atoms with E-state index in [1.54, 1.807) is 6.07 Å². The van der Waals surface area contributed by atoms with Crippen molar-refractivity contribution >= 4 is 23.2 Å². The predicted octanol–water partition coefficient (Wildman–Crippen LogP) is 4.01. The average Bonchev–Trinajstić information content (AvgIpc) is 2.81. The van der Waals surface area contributed by atoms with Crippen molar-refractivity contribution in [3.63, 3.8) is 0 Å². The Morgan fingerprint density at radius 1 is 1.35 bits per heavy atom. The molecule has 0 radical (unpaired) electrons. The Morgan fingerprint density at radius 2 is 2.15 bits per heavy atom. The number of nitrogens with zero attached hydrogens (tertiary/aromatic N) is 2. The van der Waals surface area contributed by atoms with Crippen molar-refractivity contribution in [3.8, 4) is 0 Å². The molecule has 0 aliphatic rings. The van der Waals surface area contributed by atoms with Gasteiger partial charge in [0.15, 0.2) is 0 Å². The minimum absolute atomic E-state index is 0.236. The van der Waals surface area contributed by atoms with Crippen LogP contribution in [0.15, 0.2) is 30.6 Å². The molecule has 0 spiro atoms. The summed E-state index contributed by atoms with van der Waals surface area (Å²) >= 11 is 12.2. The molecule has 0 saturated heterocycles. The molecule has 1 aromatic heterocycles. The van der Waals surface area contributed by atoms with Gasteiger partial charge in [0.05, 0.1) is 0 Å². The van der Waals surface area contributed by atoms with Gasteiger partial charge in [-0.25, -0.2) is 4.98 Å². The first-order chi connectivity index (χ1) is 9.61. The normalized spacial score (nSPS) is 12.6. The zero-order valence-electron chi connectivity index (χ0n) is 11.7. The Kier molecular flexibility index (Phi) is 5.46. The Morgan fingerprint density at radius 3 is 2.75 bits per heavy atom. The maximum Gasteiger partial charge on any atom is 0.109 e. The van der Waals surface area contributed by atoms with Crippen LogP contribution in [0.5, 0.6) is 0 Å². The van der Waals surface area contributed by atoms with Crippen LogP contribution in [0.1, 0.15) is 30.8 Å². The number of nitrogens with one attached hydrogen (secondary N) is 1. The van der Waals surface area contributed by atoms with Crippen LogP contribution in [0.2, 0.25) is 10.0 Å². The number of benzene rings is 1. The number of hydrogen-bond donors (Lipinski definition) is 1. The van der Waals surface area contributed by atoms with Gasteiger partial charge in [-0.3, -0.25) is 0 Å². The molecule has 20 heavy (non-hydrogen) atoms. The van der Waals surface area contributed by atoms with E-state index in [0.717, 1.165) is 30.8 Å². The van der Waals surface area contributed by atoms with Gasteiger partial charge in [0.2, 0.25) is 0 Å². The van der Waals surface area contributed by atoms with Crippen molar-refractivity contribution in [3.05, 3.63) is 52.0 Å². The molecule has 0 bridgehead atoms. The fourth-order valence-corrected chi connectivity index (χ4v) is 2.79. The number of aromatic nitrogens is 2. The second-order valence-corrected chi connectivity index (χ2v) is 5.63. The number of aryl methyl sites for hydroxylation is 1. The lowest BCUT2D eigenvalue weighted by Gasteiger charge is -2.19. The third-order valence-electron chi connectivity index (χ3n) is 3.41. The van der Waals surface area contributed by atoms with Gasteiger partial charge in [0.1, 0.15) is 5.82 Å². The maximum absolute atomic E-state index is 6.27. The zero-order valence-corrected chi connectivity index (χ0v) is 13.2. The Bertz CT molecular complexity index is 566. The first kappa shape index (κ1) is 15.4. The van der Waals surface area contributed by atoms with Gasteiger partial charge in [-0.2, -0.15) is 0 Å². The topological polar surface area (TPSA) is 29.9 Å². The summed E-state index contributed by atoms with van der Waals surface area (Å²) in [5.74, 6) is 1.08. The van der Waals surface area contributed by atoms with E-state index < -0.39 is 0 Å². The summed E-state index contributed by atoms with van der Waals surface area (Å²) in [6.45, 7) is 3.01. The number of rotatable bonds is 6. The first-order valence-corrected chi connectivity index (χ1v) is 7.52. The van der Waals surface area contributed by atoms with Crippen LogP contribution in [-0.2, 0) is 13.5 Å². The first-order valence-electron chi connectivity index (χ1n) is 6.76. The van der Waals surface area contributed by atoms with E-state index in [1.807, 2.05) is 36.1 Å². The molecule has 0 fully saturated rings. The van der Waals surface area contributed by atoms with Crippen LogP contribution < -0.4 is 5.32 Å². The van der Waals surface area contributed by atoms with Gasteiger partial charge in [-0.05, 0) is 24.1 Å². The molecule has 0 aliphatic heterocycles. The number of hydrogen-bond acceptors (Lipinski definition) is 2. The summed E-state index contributed by atoms with van der Waals surface area (Å²) in [7, 11) is 2.01. The van der Waals surface area contributed by atoms with Crippen LogP contribution in [0.3, 0.4) is 0 Å². The van der Waals surface area contributed by atoms with E-state index in [1.165, 1.54) is 0 Å². The van der Waals surface area contributed by atoms with E-state index in [0.29, 0.717) is 10.0 Å². The lowest BCUT2D eigenvalue weighted by molar-refractivity contribution is 0.516. The molecule has 1 aromatic carbocycles. The monoisotopic (exact) mass is 311 g/mol. The highest BCUT2D eigenvalue weighted by Crippen LogP contribution is 2.27. The second-order valence-electron chi connectivity index (χ2n) is 4.79. The van der Waals surface area contributed by atoms with Crippen molar-refractivity contribution in [1.29, 1.82) is 0 Å². The van der Waals surface area contributed by atoms with E-state index in [-0.39, 0.29) is 6.04 Å². The molecular formula is C15H19Cl2N3. The number of halogens is 2. The van der Waals surface area contributed by atoms with Gasteiger partial charge in [-0.15, -0.1) is 0 Å². The summed E-state index contributed by atoms with van der Waals surface area (Å²) < 4.78 is 2.04. The third kappa shape index (κ3) is 3.75. The van der Waals surface area contributed by atoms with Gasteiger partial charge in [0.25, 0.3) is 0 Å². The van der Waals surface area contributed by atoms with Gasteiger partial charge in [0, 0.05) is 48.5 Å². The van der Waals surface area contributed by atoms with Crippen molar-refractivity contribution < 1.29 is 0 Å². The maximum atomic E-state index is 6.27. The van der Waals surface area contributed by atoms with E-state index in [4.69, 9.17) is 23.2 Å². The Balaban J connectivity index is 1.97. The van der Waals surface area contributed by atoms with Crippen LogP contribution in [0, 0.1) is 0 Å². The highest BCUT2D eigenvalue weighted by molar-refractivity contribution is 6.35. The molecule has 108 valence electrons. The summed E-state index contributed by atoms with van der Waals surface area (Å²) in [6, 6.07) is 5.90. The van der Waals surface area contributed by atoms with Crippen molar-refractivity contribution in [1.82, 2.24) is 14.9 Å². The van der Waals surface area contributed by atoms with Crippen molar-refractivity contribution in [2.24, 2.45) is 7.05 Å². The van der Waals surface area contributed by atoms with E-state index in [2.05, 4.69) is 17.2 Å². The fourth-order valence-electron chi connectivity index (χ4n) is 2.25. The smallest absolute Gasteiger partial charge is 0.109 e. The molecule has 3 nitrogen and oxygen atoms in total. The van der Waals surface area contributed by atoms with Crippen molar-refractivity contribution in [2.45, 2.75) is 25.8 Å². The molecule has 1 unspecified atom stereocenters. The summed E-state index contributed by atoms with van der Waals surface area (Å²) in [4.78, 5) is 4.32. The molecule has 2 aromatic rings. The van der Waals surface area contributed by atoms with Gasteiger partial charge >= 0.3 is 0 Å². The Labute approximate surface area is 129 Å². The Hall–Kier alpha value is -1.03. The van der Waals surface area contributed by atoms with Gasteiger partial charge in [-0.1, -0.05) is 36.2 Å². The SMILES string of the molecule is CCC(NCCc1nccn1C)c1ccc(Cl)cc1Cl. The summed E-state index contributed by atoms with van der Waals surface area (Å²) in [6.07, 6.45) is 5.65. The van der Waals surface area contributed by atoms with Crippen LogP contribution in [0.4, 0.5) is 0 Å². The second kappa shape index (κ2) is 7.11. The standard InChI is InChI=1S/C15H19Cl2N3/c1-3-14(12-5-4-11(16)10-13(12)17)18-7-6-15-19-8-9-20(15)2/h4-5,8-10,14,18H,3,6-7H2,1-2H3. The highest BCUT2D eigenvalue weighted by Gasteiger charge is 2.12. The lowest BCUT2D eigenvalue weighted by Crippen LogP contribution is -2.24. The van der Waals surface area contributed by atoms with Crippen LogP contribution in [-0.4, -0.2) is 16.1 Å². The highest BCUT2D eigenvalue weighted by atomic mass is 35.5. The third-order valence-corrected chi connectivity index (χ3v) is 3.97. The molecule has 0 aliphatic carbocycles. The molecule has 0 saturated carbocycles. The van der Waals surface area contributed by atoms with E-state index in [9.17, 15) is 0 Å². The van der Waals surface area contributed by atoms with Crippen LogP contribution in [0.25, 0.3) is 0 Å². The predicted molar refractivity (Wildman–Crippen MR) is 84.4 cm³/mol. The average molecular weight is 312 g/mol.